The summed E-state index contributed by atoms with van der Waals surface area (Å²) in [6, 6.07) is 3.47. The van der Waals surface area contributed by atoms with Gasteiger partial charge < -0.3 is 10.1 Å². The molecule has 0 spiro atoms. The predicted molar refractivity (Wildman–Crippen MR) is 118 cm³/mol. The van der Waals surface area contributed by atoms with Crippen molar-refractivity contribution >= 4 is 45.4 Å². The minimum atomic E-state index is -0.315. The van der Waals surface area contributed by atoms with Crippen molar-refractivity contribution in [3.8, 4) is 17.0 Å². The summed E-state index contributed by atoms with van der Waals surface area (Å²) in [6.45, 7) is 8.39. The third-order valence-electron chi connectivity index (χ3n) is 4.29. The van der Waals surface area contributed by atoms with Gasteiger partial charge in [0.15, 0.2) is 0 Å². The summed E-state index contributed by atoms with van der Waals surface area (Å²) in [5.41, 5.74) is 3.46. The lowest BCUT2D eigenvalue weighted by atomic mass is 10.0. The number of ether oxygens (including phenoxy) is 1. The summed E-state index contributed by atoms with van der Waals surface area (Å²) in [5.74, 6) is 0.307. The smallest absolute Gasteiger partial charge is 0.220 e. The van der Waals surface area contributed by atoms with Crippen LogP contribution in [0.2, 0.25) is 0 Å². The van der Waals surface area contributed by atoms with Gasteiger partial charge in [0.2, 0.25) is 5.88 Å². The van der Waals surface area contributed by atoms with Gasteiger partial charge in [0.05, 0.1) is 23.3 Å². The van der Waals surface area contributed by atoms with Crippen LogP contribution in [0, 0.1) is 12.7 Å². The molecular weight excluding hydrogens is 479 g/mol. The first-order valence-corrected chi connectivity index (χ1v) is 12.5. The first-order valence-electron chi connectivity index (χ1n) is 8.47. The Hall–Kier alpha value is -1.51. The van der Waals surface area contributed by atoms with Gasteiger partial charge in [0.25, 0.3) is 0 Å². The highest BCUT2D eigenvalue weighted by Gasteiger charge is 2.22. The topological polar surface area (TPSA) is 56.9 Å². The maximum absolute atomic E-state index is 15.0. The number of nitrogens with zero attached hydrogens (tertiary/aromatic N) is 4. The number of aromatic nitrogens is 4. The molecule has 2 atom stereocenters. The largest absolute Gasteiger partial charge is 0.473 e. The molecule has 27 heavy (non-hydrogen) atoms. The van der Waals surface area contributed by atoms with Crippen molar-refractivity contribution in [3.63, 3.8) is 0 Å². The van der Waals surface area contributed by atoms with Crippen LogP contribution in [0.1, 0.15) is 18.3 Å². The van der Waals surface area contributed by atoms with Gasteiger partial charge in [-0.15, -0.1) is 0 Å². The van der Waals surface area contributed by atoms with E-state index >= 15 is 4.39 Å². The molecule has 144 valence electrons. The van der Waals surface area contributed by atoms with E-state index in [1.807, 2.05) is 34.0 Å². The maximum Gasteiger partial charge on any atom is 0.220 e. The Morgan fingerprint density at radius 3 is 2.81 bits per heavy atom. The Labute approximate surface area is 172 Å². The van der Waals surface area contributed by atoms with E-state index < -0.39 is 0 Å². The van der Waals surface area contributed by atoms with Crippen LogP contribution < -0.4 is 10.1 Å². The molecule has 0 aliphatic rings. The SMILES string of the molecule is C=Cc1nn(PI)c2c(F)cc(-c3c(C)nn(C)c3OC(C)CNC)cc12. The van der Waals surface area contributed by atoms with Crippen molar-refractivity contribution in [1.29, 1.82) is 0 Å². The standard InChI is InChI=1S/C18H22FIN5OP/c1-6-15-13-7-12(8-14(19)17(13)25(23-15)27-20)16-11(3)22-24(5)18(16)26-10(2)9-21-4/h6-8,10,21,27H,1,9H2,2-5H3. The first kappa shape index (κ1) is 20.2. The summed E-state index contributed by atoms with van der Waals surface area (Å²) in [7, 11) is 3.71. The summed E-state index contributed by atoms with van der Waals surface area (Å²) >= 11 is 2.19. The first-order chi connectivity index (χ1) is 12.9. The van der Waals surface area contributed by atoms with Crippen LogP contribution in [-0.2, 0) is 7.05 Å². The van der Waals surface area contributed by atoms with Crippen molar-refractivity contribution in [2.45, 2.75) is 20.0 Å². The third kappa shape index (κ3) is 3.75. The zero-order chi connectivity index (χ0) is 19.7. The molecule has 3 rings (SSSR count). The van der Waals surface area contributed by atoms with Gasteiger partial charge >= 0.3 is 0 Å². The number of likely N-dealkylation sites (N-methyl/N-ethyl adjacent to an activating group) is 1. The Bertz CT molecular complexity index is 1000. The molecule has 0 radical (unpaired) electrons. The van der Waals surface area contributed by atoms with E-state index in [-0.39, 0.29) is 11.9 Å². The summed E-state index contributed by atoms with van der Waals surface area (Å²) in [5, 5.41) is 12.8. The number of fused-ring (bicyclic) bond motifs is 1. The molecule has 0 saturated heterocycles. The fourth-order valence-electron chi connectivity index (χ4n) is 3.20. The molecule has 6 nitrogen and oxygen atoms in total. The fourth-order valence-corrected chi connectivity index (χ4v) is 4.71. The Kier molecular flexibility index (Phi) is 6.18. The number of aryl methyl sites for hydroxylation is 2. The van der Waals surface area contributed by atoms with E-state index in [9.17, 15) is 0 Å². The Balaban J connectivity index is 2.20. The van der Waals surface area contributed by atoms with Crippen molar-refractivity contribution in [2.24, 2.45) is 7.05 Å². The van der Waals surface area contributed by atoms with Crippen LogP contribution in [-0.4, -0.2) is 39.0 Å². The number of rotatable bonds is 7. The van der Waals surface area contributed by atoms with Crippen LogP contribution in [0.5, 0.6) is 5.88 Å². The lowest BCUT2D eigenvalue weighted by Gasteiger charge is -2.16. The van der Waals surface area contributed by atoms with E-state index in [4.69, 9.17) is 4.74 Å². The van der Waals surface area contributed by atoms with E-state index in [2.05, 4.69) is 44.1 Å². The zero-order valence-corrected chi connectivity index (χ0v) is 18.8. The fraction of sp³-hybridized carbons (Fsp3) is 0.333. The second-order valence-corrected chi connectivity index (χ2v) is 8.36. The highest BCUT2D eigenvalue weighted by molar-refractivity contribution is 14.2. The quantitative estimate of drug-likeness (QED) is 0.388. The van der Waals surface area contributed by atoms with E-state index in [1.165, 1.54) is 6.07 Å². The van der Waals surface area contributed by atoms with Gasteiger partial charge in [-0.3, -0.25) is 0 Å². The highest BCUT2D eigenvalue weighted by atomic mass is 127. The lowest BCUT2D eigenvalue weighted by Crippen LogP contribution is -2.27. The van der Waals surface area contributed by atoms with Crippen molar-refractivity contribution in [1.82, 2.24) is 24.6 Å². The number of hydrogen-bond acceptors (Lipinski definition) is 4. The Morgan fingerprint density at radius 2 is 2.19 bits per heavy atom. The molecule has 0 amide bonds. The van der Waals surface area contributed by atoms with Gasteiger partial charge in [-0.05, 0) is 66.7 Å². The van der Waals surface area contributed by atoms with Crippen LogP contribution >= 0.6 is 28.4 Å². The van der Waals surface area contributed by atoms with Gasteiger partial charge in [-0.25, -0.2) is 13.5 Å². The van der Waals surface area contributed by atoms with Crippen molar-refractivity contribution in [2.75, 3.05) is 13.6 Å². The second-order valence-electron chi connectivity index (χ2n) is 6.32. The predicted octanol–water partition coefficient (Wildman–Crippen LogP) is 4.31. The molecule has 2 heterocycles. The molecule has 2 aromatic heterocycles. The molecule has 1 N–H and O–H groups in total. The summed E-state index contributed by atoms with van der Waals surface area (Å²) < 4.78 is 24.5. The molecule has 9 heteroatoms. The summed E-state index contributed by atoms with van der Waals surface area (Å²) in [4.78, 5) is 0. The molecule has 0 aliphatic heterocycles. The minimum Gasteiger partial charge on any atom is -0.473 e. The lowest BCUT2D eigenvalue weighted by molar-refractivity contribution is 0.203. The average molecular weight is 501 g/mol. The van der Waals surface area contributed by atoms with Crippen LogP contribution in [0.3, 0.4) is 0 Å². The third-order valence-corrected chi connectivity index (χ3v) is 6.15. The van der Waals surface area contributed by atoms with Crippen LogP contribution in [0.15, 0.2) is 18.7 Å². The molecule has 3 aromatic rings. The maximum atomic E-state index is 15.0. The van der Waals surface area contributed by atoms with E-state index in [0.717, 1.165) is 22.2 Å². The van der Waals surface area contributed by atoms with Crippen molar-refractivity contribution < 1.29 is 9.13 Å². The van der Waals surface area contributed by atoms with Crippen molar-refractivity contribution in [3.05, 3.63) is 35.9 Å². The monoisotopic (exact) mass is 501 g/mol. The molecule has 1 aromatic carbocycles. The molecule has 0 saturated carbocycles. The minimum absolute atomic E-state index is 0.0520. The van der Waals surface area contributed by atoms with Gasteiger partial charge in [0.1, 0.15) is 17.4 Å². The highest BCUT2D eigenvalue weighted by Crippen LogP contribution is 2.39. The molecule has 0 bridgehead atoms. The van der Waals surface area contributed by atoms with E-state index in [1.54, 1.807) is 15.2 Å². The normalized spacial score (nSPS) is 13.0. The number of benzene rings is 1. The molecule has 0 aliphatic carbocycles. The van der Waals surface area contributed by atoms with Crippen LogP contribution in [0.4, 0.5) is 4.39 Å². The molecule has 2 unspecified atom stereocenters. The number of nitrogens with one attached hydrogen (secondary N) is 1. The van der Waals surface area contributed by atoms with E-state index in [0.29, 0.717) is 30.0 Å². The van der Waals surface area contributed by atoms with Crippen LogP contribution in [0.25, 0.3) is 28.1 Å². The molecule has 0 fully saturated rings. The van der Waals surface area contributed by atoms with Gasteiger partial charge in [0, 0.05) is 19.0 Å². The Morgan fingerprint density at radius 1 is 1.44 bits per heavy atom. The number of hydrogen-bond donors (Lipinski definition) is 1. The molecular formula is C18H22FIN5OP. The van der Waals surface area contributed by atoms with Gasteiger partial charge in [-0.1, -0.05) is 6.58 Å². The second kappa shape index (κ2) is 8.24. The zero-order valence-electron chi connectivity index (χ0n) is 15.7. The van der Waals surface area contributed by atoms with Gasteiger partial charge in [-0.2, -0.15) is 10.2 Å². The average Bonchev–Trinajstić information content (AvgIpc) is 3.12. The summed E-state index contributed by atoms with van der Waals surface area (Å²) in [6.07, 6.45) is 1.90. The number of halogens is 2.